The van der Waals surface area contributed by atoms with E-state index in [1.807, 2.05) is 0 Å². The normalized spacial score (nSPS) is 21.8. The van der Waals surface area contributed by atoms with Gasteiger partial charge in [0.15, 0.2) is 17.3 Å². The van der Waals surface area contributed by atoms with Gasteiger partial charge in [0.1, 0.15) is 59.2 Å². The maximum absolute atomic E-state index is 13.6. The molecule has 1 aromatic heterocycles. The Balaban J connectivity index is 1.43. The van der Waals surface area contributed by atoms with E-state index in [2.05, 4.69) is 0 Å². The molecule has 8 N–H and O–H groups in total. The van der Waals surface area contributed by atoms with Gasteiger partial charge < -0.3 is 59.5 Å². The van der Waals surface area contributed by atoms with Crippen molar-refractivity contribution in [3.63, 3.8) is 0 Å². The molecule has 0 bridgehead atoms. The molecule has 1 aliphatic heterocycles. The fraction of sp³-hybridized carbons (Fsp3) is 0.200. The topological polar surface area (TPSA) is 237 Å². The van der Waals surface area contributed by atoms with Crippen molar-refractivity contribution in [1.82, 2.24) is 0 Å². The lowest BCUT2D eigenvalue weighted by molar-refractivity contribution is -0.278. The molecular formula is C30H26O14. The highest BCUT2D eigenvalue weighted by molar-refractivity contribution is 5.88. The average Bonchev–Trinajstić information content (AvgIpc) is 2.98. The Morgan fingerprint density at radius 3 is 2.25 bits per heavy atom. The lowest BCUT2D eigenvalue weighted by atomic mass is 9.99. The summed E-state index contributed by atoms with van der Waals surface area (Å²) >= 11 is 0. The number of esters is 1. The number of fused-ring (bicyclic) bond motifs is 1. The van der Waals surface area contributed by atoms with Crippen molar-refractivity contribution < 1.29 is 64.3 Å². The Kier molecular flexibility index (Phi) is 8.33. The second-order valence-corrected chi connectivity index (χ2v) is 9.82. The Labute approximate surface area is 247 Å². The van der Waals surface area contributed by atoms with Crippen LogP contribution in [0.5, 0.6) is 34.5 Å². The Morgan fingerprint density at radius 2 is 1.55 bits per heavy atom. The Hall–Kier alpha value is -5.28. The van der Waals surface area contributed by atoms with Crippen molar-refractivity contribution in [2.24, 2.45) is 0 Å². The first-order chi connectivity index (χ1) is 20.9. The van der Waals surface area contributed by atoms with Crippen LogP contribution in [0, 0.1) is 0 Å². The van der Waals surface area contributed by atoms with Crippen molar-refractivity contribution in [3.05, 3.63) is 76.5 Å². The predicted molar refractivity (Wildman–Crippen MR) is 150 cm³/mol. The van der Waals surface area contributed by atoms with Crippen LogP contribution in [0.15, 0.2) is 69.9 Å². The third-order valence-electron chi connectivity index (χ3n) is 6.75. The zero-order valence-corrected chi connectivity index (χ0v) is 22.5. The van der Waals surface area contributed by atoms with Crippen LogP contribution < -0.4 is 10.2 Å². The van der Waals surface area contributed by atoms with E-state index in [4.69, 9.17) is 18.6 Å². The highest BCUT2D eigenvalue weighted by Gasteiger charge is 2.46. The second kappa shape index (κ2) is 12.1. The highest BCUT2D eigenvalue weighted by atomic mass is 16.7. The summed E-state index contributed by atoms with van der Waals surface area (Å²) in [6.07, 6.45) is -6.45. The van der Waals surface area contributed by atoms with E-state index in [0.29, 0.717) is 5.56 Å². The Morgan fingerprint density at radius 1 is 0.818 bits per heavy atom. The molecule has 5 rings (SSSR count). The number of phenolic OH excluding ortho intramolecular Hbond substituents is 5. The zero-order chi connectivity index (χ0) is 31.7. The summed E-state index contributed by atoms with van der Waals surface area (Å²) in [7, 11) is 0. The minimum Gasteiger partial charge on any atom is -0.508 e. The van der Waals surface area contributed by atoms with Crippen LogP contribution in [-0.2, 0) is 14.3 Å². The van der Waals surface area contributed by atoms with E-state index >= 15 is 0 Å². The molecule has 14 heteroatoms. The summed E-state index contributed by atoms with van der Waals surface area (Å²) in [6, 6.07) is 11.2. The lowest BCUT2D eigenvalue weighted by Gasteiger charge is -2.39. The largest absolute Gasteiger partial charge is 0.508 e. The van der Waals surface area contributed by atoms with Gasteiger partial charge in [-0.3, -0.25) is 4.79 Å². The number of carbonyl (C=O) groups is 1. The van der Waals surface area contributed by atoms with Gasteiger partial charge in [0, 0.05) is 23.8 Å². The smallest absolute Gasteiger partial charge is 0.330 e. The number of aliphatic hydroxyl groups excluding tert-OH is 3. The molecule has 14 nitrogen and oxygen atoms in total. The number of ether oxygens (including phenoxy) is 3. The zero-order valence-electron chi connectivity index (χ0n) is 22.5. The molecule has 0 spiro atoms. The number of benzene rings is 3. The van der Waals surface area contributed by atoms with Gasteiger partial charge in [-0.05, 0) is 42.0 Å². The number of carbonyl (C=O) groups excluding carboxylic acids is 1. The van der Waals surface area contributed by atoms with Crippen molar-refractivity contribution in [1.29, 1.82) is 0 Å². The summed E-state index contributed by atoms with van der Waals surface area (Å²) in [5, 5.41) is 80.6. The Bertz CT molecular complexity index is 1780. The molecular weight excluding hydrogens is 584 g/mol. The molecule has 44 heavy (non-hydrogen) atoms. The van der Waals surface area contributed by atoms with E-state index in [1.54, 1.807) is 12.1 Å². The van der Waals surface area contributed by atoms with E-state index in [-0.39, 0.29) is 22.7 Å². The van der Waals surface area contributed by atoms with Crippen LogP contribution in [0.1, 0.15) is 5.56 Å². The van der Waals surface area contributed by atoms with Crippen LogP contribution in [-0.4, -0.2) is 84.1 Å². The number of phenols is 5. The first kappa shape index (κ1) is 30.2. The molecule has 1 aliphatic rings. The third kappa shape index (κ3) is 6.09. The van der Waals surface area contributed by atoms with Crippen molar-refractivity contribution in [3.8, 4) is 45.8 Å². The molecule has 2 heterocycles. The molecule has 3 aromatic carbocycles. The molecule has 230 valence electrons. The summed E-state index contributed by atoms with van der Waals surface area (Å²) < 4.78 is 22.1. The van der Waals surface area contributed by atoms with Gasteiger partial charge in [0.25, 0.3) is 0 Å². The van der Waals surface area contributed by atoms with E-state index < -0.39 is 82.8 Å². The monoisotopic (exact) mass is 610 g/mol. The van der Waals surface area contributed by atoms with Gasteiger partial charge in [-0.1, -0.05) is 12.1 Å². The quantitative estimate of drug-likeness (QED) is 0.0840. The third-order valence-corrected chi connectivity index (χ3v) is 6.75. The van der Waals surface area contributed by atoms with Crippen molar-refractivity contribution in [2.75, 3.05) is 6.61 Å². The average molecular weight is 611 g/mol. The molecule has 0 aliphatic carbocycles. The van der Waals surface area contributed by atoms with Crippen LogP contribution >= 0.6 is 0 Å². The maximum atomic E-state index is 13.6. The molecule has 1 fully saturated rings. The minimum absolute atomic E-state index is 0.0195. The number of hydrogen-bond acceptors (Lipinski definition) is 14. The lowest BCUT2D eigenvalue weighted by Crippen LogP contribution is -2.60. The minimum atomic E-state index is -1.95. The number of rotatable bonds is 7. The van der Waals surface area contributed by atoms with Crippen LogP contribution in [0.4, 0.5) is 0 Å². The first-order valence-electron chi connectivity index (χ1n) is 13.0. The van der Waals surface area contributed by atoms with Gasteiger partial charge in [0.05, 0.1) is 0 Å². The fourth-order valence-electron chi connectivity index (χ4n) is 4.46. The maximum Gasteiger partial charge on any atom is 0.330 e. The van der Waals surface area contributed by atoms with E-state index in [1.165, 1.54) is 24.3 Å². The number of aromatic hydroxyl groups is 5. The van der Waals surface area contributed by atoms with Gasteiger partial charge in [-0.25, -0.2) is 4.79 Å². The predicted octanol–water partition coefficient (Wildman–Crippen LogP) is 1.43. The van der Waals surface area contributed by atoms with Crippen LogP contribution in [0.3, 0.4) is 0 Å². The van der Waals surface area contributed by atoms with Crippen molar-refractivity contribution in [2.45, 2.75) is 30.7 Å². The van der Waals surface area contributed by atoms with Gasteiger partial charge >= 0.3 is 5.97 Å². The molecule has 4 aromatic rings. The molecule has 0 amide bonds. The highest BCUT2D eigenvalue weighted by Crippen LogP contribution is 2.39. The van der Waals surface area contributed by atoms with E-state index in [9.17, 15) is 50.4 Å². The second-order valence-electron chi connectivity index (χ2n) is 9.82. The standard InChI is InChI=1S/C30H26O14/c31-15-5-1-13(2-6-15)3-8-22(36)41-12-21-24(37)26(39)27(40)30(43-21)44-29-25(38)23-19(35)10-16(32)11-20(23)42-28(29)14-4-7-17(33)18(34)9-14/h1-11,21,24,26-27,30-35,37,39-40H,12H2/t21-,24-,26+,27-,30+/m1/s1. The van der Waals surface area contributed by atoms with Gasteiger partial charge in [-0.15, -0.1) is 0 Å². The van der Waals surface area contributed by atoms with E-state index in [0.717, 1.165) is 30.3 Å². The van der Waals surface area contributed by atoms with Crippen LogP contribution in [0.2, 0.25) is 0 Å². The van der Waals surface area contributed by atoms with Gasteiger partial charge in [-0.2, -0.15) is 0 Å². The summed E-state index contributed by atoms with van der Waals surface area (Å²) in [4.78, 5) is 25.8. The summed E-state index contributed by atoms with van der Waals surface area (Å²) in [6.45, 7) is -0.616. The number of hydrogen-bond donors (Lipinski definition) is 8. The molecule has 0 unspecified atom stereocenters. The number of aliphatic hydroxyl groups is 3. The molecule has 1 saturated heterocycles. The van der Waals surface area contributed by atoms with Crippen LogP contribution in [0.25, 0.3) is 28.4 Å². The summed E-state index contributed by atoms with van der Waals surface area (Å²) in [5.41, 5.74) is -0.735. The summed E-state index contributed by atoms with van der Waals surface area (Å²) in [5.74, 6) is -4.08. The fourth-order valence-corrected chi connectivity index (χ4v) is 4.46. The van der Waals surface area contributed by atoms with Crippen molar-refractivity contribution >= 4 is 23.0 Å². The SMILES string of the molecule is O=C(C=Cc1ccc(O)cc1)OC[C@H]1O[C@@H](Oc2c(-c3ccc(O)c(O)c3)oc3cc(O)cc(O)c3c2=O)[C@H](O)[C@@H](O)[C@@H]1O. The van der Waals surface area contributed by atoms with Gasteiger partial charge in [0.2, 0.25) is 17.5 Å². The molecule has 5 atom stereocenters. The molecule has 0 saturated carbocycles. The first-order valence-corrected chi connectivity index (χ1v) is 13.0. The molecule has 0 radical (unpaired) electrons.